The molecule has 0 aliphatic rings. The van der Waals surface area contributed by atoms with E-state index in [9.17, 15) is 0 Å². The Labute approximate surface area is 155 Å². The van der Waals surface area contributed by atoms with Crippen molar-refractivity contribution >= 4 is 161 Å². The summed E-state index contributed by atoms with van der Waals surface area (Å²) in [4.78, 5) is 0. The molecule has 0 rings (SSSR count). The van der Waals surface area contributed by atoms with Gasteiger partial charge in [0.25, 0.3) is 0 Å². The zero-order valence-corrected chi connectivity index (χ0v) is 13.2. The van der Waals surface area contributed by atoms with Gasteiger partial charge in [-0.25, -0.2) is 0 Å². The van der Waals surface area contributed by atoms with Gasteiger partial charge in [0, 0.05) is 161 Å². The summed E-state index contributed by atoms with van der Waals surface area (Å²) in [5.41, 5.74) is 0. The zero-order valence-electron chi connectivity index (χ0n) is 4.41. The SMILES string of the molecule is [Ca].[K].[Li].[Mg].[Na]. The van der Waals surface area contributed by atoms with Gasteiger partial charge in [-0.15, -0.1) is 0 Å². The third-order valence-corrected chi connectivity index (χ3v) is 0. The first-order valence-corrected chi connectivity index (χ1v) is 0. The Kier molecular flexibility index (Phi) is 145. The van der Waals surface area contributed by atoms with Crippen LogP contribution < -0.4 is 0 Å². The number of rotatable bonds is 0. The predicted molar refractivity (Wildman–Crippen MR) is 28.8 cm³/mol. The van der Waals surface area contributed by atoms with Crippen molar-refractivity contribution in [2.75, 3.05) is 0 Å². The molecular formula is CaKLiMgNa. The maximum absolute atomic E-state index is 0. The normalized spacial score (nSPS) is 0. The van der Waals surface area contributed by atoms with Gasteiger partial charge in [0.15, 0.2) is 0 Å². The molecule has 0 saturated heterocycles. The topological polar surface area (TPSA) is 0 Å². The van der Waals surface area contributed by atoms with Crippen molar-refractivity contribution in [1.82, 2.24) is 0 Å². The van der Waals surface area contributed by atoms with E-state index >= 15 is 0 Å². The van der Waals surface area contributed by atoms with Gasteiger partial charge in [0.05, 0.1) is 0 Å². The molecule has 0 amide bonds. The molecule has 7 valence electrons. The van der Waals surface area contributed by atoms with Gasteiger partial charge in [-0.1, -0.05) is 0 Å². The summed E-state index contributed by atoms with van der Waals surface area (Å²) in [6.45, 7) is 0. The summed E-state index contributed by atoms with van der Waals surface area (Å²) in [6, 6.07) is 0. The van der Waals surface area contributed by atoms with Gasteiger partial charge in [-0.2, -0.15) is 0 Å². The van der Waals surface area contributed by atoms with Crippen LogP contribution in [-0.2, 0) is 0 Å². The van der Waals surface area contributed by atoms with Gasteiger partial charge in [-0.3, -0.25) is 0 Å². The first-order valence-electron chi connectivity index (χ1n) is 0. The first-order chi connectivity index (χ1) is 0. The maximum atomic E-state index is 0. The van der Waals surface area contributed by atoms with E-state index in [2.05, 4.69) is 0 Å². The van der Waals surface area contributed by atoms with E-state index in [-0.39, 0.29) is 161 Å². The fraction of sp³-hybridized carbons (Fsp3) is 0. The second kappa shape index (κ2) is 22.8. The van der Waals surface area contributed by atoms with Gasteiger partial charge >= 0.3 is 0 Å². The molecule has 0 saturated carbocycles. The van der Waals surface area contributed by atoms with Gasteiger partial charge in [-0.05, 0) is 0 Å². The Bertz CT molecular complexity index is 11.6. The van der Waals surface area contributed by atoms with E-state index in [1.54, 1.807) is 0 Å². The van der Waals surface area contributed by atoms with Crippen LogP contribution in [0.1, 0.15) is 0 Å². The van der Waals surface area contributed by atoms with Crippen molar-refractivity contribution < 1.29 is 0 Å². The van der Waals surface area contributed by atoms with Crippen LogP contribution in [0.25, 0.3) is 0 Å². The fourth-order valence-electron chi connectivity index (χ4n) is 0. The molecule has 0 aromatic heterocycles. The molecule has 0 bridgehead atoms. The van der Waals surface area contributed by atoms with Crippen LogP contribution in [0, 0.1) is 0 Å². The first kappa shape index (κ1) is 31.8. The van der Waals surface area contributed by atoms with E-state index in [4.69, 9.17) is 0 Å². The minimum Gasteiger partial charge on any atom is 0 e. The van der Waals surface area contributed by atoms with E-state index in [1.165, 1.54) is 0 Å². The molecule has 0 N–H and O–H groups in total. The van der Waals surface area contributed by atoms with Crippen molar-refractivity contribution in [3.05, 3.63) is 0 Å². The van der Waals surface area contributed by atoms with Gasteiger partial charge < -0.3 is 0 Å². The minimum atomic E-state index is 0. The summed E-state index contributed by atoms with van der Waals surface area (Å²) < 4.78 is 0. The third kappa shape index (κ3) is 17.6. The summed E-state index contributed by atoms with van der Waals surface area (Å²) in [6.07, 6.45) is 0. The van der Waals surface area contributed by atoms with Crippen LogP contribution in [0.3, 0.4) is 0 Å². The monoisotopic (exact) mass is 133 g/mol. The summed E-state index contributed by atoms with van der Waals surface area (Å²) in [7, 11) is 0. The van der Waals surface area contributed by atoms with Crippen molar-refractivity contribution in [2.24, 2.45) is 0 Å². The molecule has 5 heavy (non-hydrogen) atoms. The Hall–Kier alpha value is 5.26. The van der Waals surface area contributed by atoms with Crippen molar-refractivity contribution in [1.29, 1.82) is 0 Å². The Morgan fingerprint density at radius 2 is 1.00 bits per heavy atom. The predicted octanol–water partition coefficient (Wildman–Crippen LogP) is -1.90. The summed E-state index contributed by atoms with van der Waals surface area (Å²) in [5, 5.41) is 0. The molecule has 5 heteroatoms. The fourth-order valence-corrected chi connectivity index (χ4v) is 0. The van der Waals surface area contributed by atoms with Crippen LogP contribution in [0.2, 0.25) is 0 Å². The van der Waals surface area contributed by atoms with Crippen LogP contribution >= 0.6 is 0 Å². The second-order valence-electron chi connectivity index (χ2n) is 0. The Morgan fingerprint density at radius 1 is 1.00 bits per heavy atom. The molecule has 7 radical (unpaired) electrons. The van der Waals surface area contributed by atoms with Crippen LogP contribution in [0.15, 0.2) is 0 Å². The second-order valence-corrected chi connectivity index (χ2v) is 0. The number of hydrogen-bond donors (Lipinski definition) is 0. The quantitative estimate of drug-likeness (QED) is 0.339. The molecule has 0 atom stereocenters. The van der Waals surface area contributed by atoms with E-state index in [0.29, 0.717) is 0 Å². The average Bonchev–Trinajstić information content (AvgIpc) is 0. The molecule has 0 aromatic rings. The summed E-state index contributed by atoms with van der Waals surface area (Å²) >= 11 is 0. The van der Waals surface area contributed by atoms with Crippen molar-refractivity contribution in [3.63, 3.8) is 0 Å². The molecule has 0 heterocycles. The van der Waals surface area contributed by atoms with Gasteiger partial charge in [0.2, 0.25) is 0 Å². The largest absolute Gasteiger partial charge is 0 e. The minimum absolute atomic E-state index is 0. The maximum Gasteiger partial charge on any atom is 0 e. The summed E-state index contributed by atoms with van der Waals surface area (Å²) in [5.74, 6) is 0. The van der Waals surface area contributed by atoms with Gasteiger partial charge in [0.1, 0.15) is 0 Å². The number of hydrogen-bond acceptors (Lipinski definition) is 0. The van der Waals surface area contributed by atoms with E-state index in [0.717, 1.165) is 0 Å². The van der Waals surface area contributed by atoms with Crippen LogP contribution in [0.5, 0.6) is 0 Å². The van der Waals surface area contributed by atoms with E-state index < -0.39 is 0 Å². The smallest absolute Gasteiger partial charge is 0 e. The molecule has 0 unspecified atom stereocenters. The molecule has 0 aliphatic heterocycles. The Morgan fingerprint density at radius 3 is 1.00 bits per heavy atom. The molecule has 0 aliphatic carbocycles. The molecule has 0 fully saturated rings. The van der Waals surface area contributed by atoms with Crippen molar-refractivity contribution in [2.45, 2.75) is 0 Å². The molecular weight excluding hydrogens is 133 g/mol. The zero-order chi connectivity index (χ0) is 0. The van der Waals surface area contributed by atoms with E-state index in [1.807, 2.05) is 0 Å². The molecule has 0 spiro atoms. The average molecular weight is 133 g/mol. The van der Waals surface area contributed by atoms with Crippen molar-refractivity contribution in [3.8, 4) is 0 Å². The molecule has 0 nitrogen and oxygen atoms in total. The van der Waals surface area contributed by atoms with Crippen LogP contribution in [-0.4, -0.2) is 161 Å². The Balaban J connectivity index is 0. The third-order valence-electron chi connectivity index (χ3n) is 0. The molecule has 0 aromatic carbocycles. The van der Waals surface area contributed by atoms with Crippen LogP contribution in [0.4, 0.5) is 0 Å². The standard InChI is InChI=1S/Ca.K.Li.Mg.Na.